The molecule has 13 heteroatoms. The van der Waals surface area contributed by atoms with Crippen LogP contribution >= 0.6 is 0 Å². The number of nitrogens with one attached hydrogen (secondary N) is 3. The van der Waals surface area contributed by atoms with E-state index in [-0.39, 0.29) is 58.6 Å². The fourth-order valence-corrected chi connectivity index (χ4v) is 6.42. The zero-order valence-electron chi connectivity index (χ0n) is 21.8. The molecule has 1 saturated heterocycles. The van der Waals surface area contributed by atoms with Gasteiger partial charge in [-0.3, -0.25) is 14.4 Å². The standard InChI is InChI=1S/C25H32N4O7S.Na/c1-12(24(33)37(34,35)36)26-22(31)20-18-15(25(18,2)3)11-29(20)23(32)19(13-8-9-13)28-21(30)17-10-14-6-4-5-7-16(14)27-17;/h4-7,10,12-13,15,18-20,24,27,33H,8-9,11H2,1-3H3,(H,26,31)(H,28,30)(H,34,35,36);/q;+1/p-1/t12-,15-,18-,19-,20-,24?;/m0./s1. The molecule has 0 bridgehead atoms. The molecule has 1 aromatic heterocycles. The second-order valence-corrected chi connectivity index (χ2v) is 12.6. The summed E-state index contributed by atoms with van der Waals surface area (Å²) < 4.78 is 33.6. The van der Waals surface area contributed by atoms with Crippen molar-refractivity contribution in [1.82, 2.24) is 20.5 Å². The molecule has 1 aromatic carbocycles. The summed E-state index contributed by atoms with van der Waals surface area (Å²) >= 11 is 0. The zero-order chi connectivity index (χ0) is 26.9. The first-order valence-corrected chi connectivity index (χ1v) is 13.9. The van der Waals surface area contributed by atoms with Crippen LogP contribution < -0.4 is 40.2 Å². The van der Waals surface area contributed by atoms with Gasteiger partial charge in [-0.05, 0) is 55.1 Å². The molecule has 3 fully saturated rings. The summed E-state index contributed by atoms with van der Waals surface area (Å²) in [6.45, 7) is 5.56. The van der Waals surface area contributed by atoms with Gasteiger partial charge in [0.25, 0.3) is 5.91 Å². The van der Waals surface area contributed by atoms with Crippen LogP contribution in [-0.2, 0) is 19.7 Å². The smallest absolute Gasteiger partial charge is 0.746 e. The molecule has 1 aliphatic heterocycles. The molecular weight excluding hydrogens is 523 g/mol. The van der Waals surface area contributed by atoms with Crippen molar-refractivity contribution in [1.29, 1.82) is 0 Å². The van der Waals surface area contributed by atoms with Crippen molar-refractivity contribution < 1.29 is 62.0 Å². The number of aliphatic hydroxyl groups is 1. The van der Waals surface area contributed by atoms with Gasteiger partial charge in [0.1, 0.15) is 27.9 Å². The number of para-hydroxylation sites is 1. The van der Waals surface area contributed by atoms with Crippen molar-refractivity contribution in [2.24, 2.45) is 23.2 Å². The van der Waals surface area contributed by atoms with Crippen LogP contribution in [0.15, 0.2) is 30.3 Å². The number of amides is 3. The van der Waals surface area contributed by atoms with Gasteiger partial charge in [-0.15, -0.1) is 0 Å². The zero-order valence-corrected chi connectivity index (χ0v) is 24.6. The van der Waals surface area contributed by atoms with Crippen LogP contribution in [0.3, 0.4) is 0 Å². The Morgan fingerprint density at radius 1 is 1.18 bits per heavy atom. The minimum absolute atomic E-state index is 0. The van der Waals surface area contributed by atoms with E-state index in [4.69, 9.17) is 0 Å². The summed E-state index contributed by atoms with van der Waals surface area (Å²) in [6.07, 6.45) is 1.55. The molecule has 200 valence electrons. The number of benzene rings is 1. The van der Waals surface area contributed by atoms with E-state index < -0.39 is 45.5 Å². The quantitative estimate of drug-likeness (QED) is 0.207. The monoisotopic (exact) mass is 554 g/mol. The van der Waals surface area contributed by atoms with Crippen molar-refractivity contribution in [3.05, 3.63) is 36.0 Å². The van der Waals surface area contributed by atoms with Gasteiger partial charge in [-0.25, -0.2) is 8.42 Å². The van der Waals surface area contributed by atoms with Crippen LogP contribution in [0.2, 0.25) is 0 Å². The molecule has 2 aromatic rings. The number of carbonyl (C=O) groups is 3. The van der Waals surface area contributed by atoms with Gasteiger partial charge in [0.2, 0.25) is 11.8 Å². The van der Waals surface area contributed by atoms with Crippen molar-refractivity contribution in [3.63, 3.8) is 0 Å². The number of rotatable bonds is 8. The number of nitrogens with zero attached hydrogens (tertiary/aromatic N) is 1. The number of aromatic nitrogens is 1. The largest absolute Gasteiger partial charge is 1.00 e. The molecule has 2 saturated carbocycles. The van der Waals surface area contributed by atoms with Crippen LogP contribution in [0.5, 0.6) is 0 Å². The summed E-state index contributed by atoms with van der Waals surface area (Å²) in [5.41, 5.74) is -1.37. The Bertz CT molecular complexity index is 1340. The van der Waals surface area contributed by atoms with E-state index in [0.717, 1.165) is 23.7 Å². The van der Waals surface area contributed by atoms with Gasteiger partial charge in [-0.2, -0.15) is 0 Å². The minimum atomic E-state index is -5.03. The molecule has 11 nitrogen and oxygen atoms in total. The van der Waals surface area contributed by atoms with Gasteiger partial charge < -0.3 is 30.2 Å². The van der Waals surface area contributed by atoms with E-state index in [1.165, 1.54) is 11.8 Å². The fourth-order valence-electron chi connectivity index (χ4n) is 5.85. The Balaban J connectivity index is 0.00000336. The van der Waals surface area contributed by atoms with E-state index in [9.17, 15) is 32.5 Å². The van der Waals surface area contributed by atoms with Gasteiger partial charge >= 0.3 is 29.6 Å². The number of carbonyl (C=O) groups excluding carboxylic acids is 3. The normalized spacial score (nSPS) is 26.0. The maximum absolute atomic E-state index is 13.8. The van der Waals surface area contributed by atoms with Crippen molar-refractivity contribution in [3.8, 4) is 0 Å². The van der Waals surface area contributed by atoms with E-state index in [2.05, 4.69) is 15.6 Å². The van der Waals surface area contributed by atoms with E-state index in [1.807, 2.05) is 38.1 Å². The average Bonchev–Trinajstić information content (AvgIpc) is 3.61. The molecule has 5 rings (SSSR count). The summed E-state index contributed by atoms with van der Waals surface area (Å²) in [7, 11) is -5.03. The number of hydrogen-bond acceptors (Lipinski definition) is 7. The number of aliphatic hydroxyl groups excluding tert-OH is 1. The van der Waals surface area contributed by atoms with Crippen LogP contribution in [-0.4, -0.2) is 75.8 Å². The number of fused-ring (bicyclic) bond motifs is 2. The van der Waals surface area contributed by atoms with Gasteiger partial charge in [0.15, 0.2) is 5.44 Å². The molecule has 38 heavy (non-hydrogen) atoms. The maximum Gasteiger partial charge on any atom is 1.00 e. The maximum atomic E-state index is 13.8. The molecule has 0 spiro atoms. The van der Waals surface area contributed by atoms with Gasteiger partial charge in [-0.1, -0.05) is 32.0 Å². The SMILES string of the molecule is C[C@H](NC(=O)[C@@H]1[C@@H]2[C@H](CN1C(=O)[C@@H](NC(=O)c1cc3ccccc3[nH]1)C1CC1)C2(C)C)C(O)S(=O)(=O)[O-].[Na+]. The Hall–Kier alpha value is -1.96. The van der Waals surface area contributed by atoms with Crippen molar-refractivity contribution >= 4 is 38.7 Å². The summed E-state index contributed by atoms with van der Waals surface area (Å²) in [5.74, 6) is -1.53. The Morgan fingerprint density at radius 2 is 1.84 bits per heavy atom. The summed E-state index contributed by atoms with van der Waals surface area (Å²) in [6, 6.07) is 6.12. The first-order valence-electron chi connectivity index (χ1n) is 12.4. The van der Waals surface area contributed by atoms with E-state index >= 15 is 0 Å². The molecule has 1 unspecified atom stereocenters. The average molecular weight is 555 g/mol. The van der Waals surface area contributed by atoms with Crippen LogP contribution in [0.25, 0.3) is 10.9 Å². The van der Waals surface area contributed by atoms with Gasteiger partial charge in [0.05, 0.1) is 6.04 Å². The first-order chi connectivity index (χ1) is 17.3. The number of likely N-dealkylation sites (tertiary alicyclic amines) is 1. The summed E-state index contributed by atoms with van der Waals surface area (Å²) in [4.78, 5) is 44.6. The predicted octanol–water partition coefficient (Wildman–Crippen LogP) is -2.47. The van der Waals surface area contributed by atoms with Crippen LogP contribution in [0.1, 0.15) is 44.1 Å². The Kier molecular flexibility index (Phi) is 7.81. The molecule has 6 atom stereocenters. The Morgan fingerprint density at radius 3 is 2.45 bits per heavy atom. The number of piperidine rings is 1. The number of H-pyrrole nitrogens is 1. The van der Waals surface area contributed by atoms with E-state index in [0.29, 0.717) is 12.2 Å². The molecule has 2 aliphatic carbocycles. The Labute approximate surface area is 243 Å². The van der Waals surface area contributed by atoms with Gasteiger partial charge in [0, 0.05) is 17.4 Å². The van der Waals surface area contributed by atoms with Crippen LogP contribution in [0, 0.1) is 23.2 Å². The molecular formula is C25H31N4NaO7S. The van der Waals surface area contributed by atoms with Crippen molar-refractivity contribution in [2.75, 3.05) is 6.54 Å². The third-order valence-corrected chi connectivity index (χ3v) is 9.27. The molecule has 3 aliphatic rings. The predicted molar refractivity (Wildman–Crippen MR) is 132 cm³/mol. The molecule has 2 heterocycles. The second-order valence-electron chi connectivity index (χ2n) is 11.1. The number of aromatic amines is 1. The fraction of sp³-hybridized carbons (Fsp3) is 0.560. The first kappa shape index (κ1) is 29.0. The third kappa shape index (κ3) is 5.26. The topological polar surface area (TPSA) is 172 Å². The summed E-state index contributed by atoms with van der Waals surface area (Å²) in [5, 5.41) is 15.9. The van der Waals surface area contributed by atoms with Crippen LogP contribution in [0.4, 0.5) is 0 Å². The minimum Gasteiger partial charge on any atom is -0.746 e. The van der Waals surface area contributed by atoms with Crippen molar-refractivity contribution in [2.45, 2.75) is 57.2 Å². The third-order valence-electron chi connectivity index (χ3n) is 8.27. The molecule has 0 radical (unpaired) electrons. The second kappa shape index (κ2) is 10.2. The molecule has 4 N–H and O–H groups in total. The molecule has 3 amide bonds. The number of hydrogen-bond donors (Lipinski definition) is 4. The van der Waals surface area contributed by atoms with E-state index in [1.54, 1.807) is 6.07 Å².